The van der Waals surface area contributed by atoms with Gasteiger partial charge < -0.3 is 35.2 Å². The Kier molecular flexibility index (Phi) is 13.7. The van der Waals surface area contributed by atoms with Crippen molar-refractivity contribution >= 4 is 63.3 Å². The normalized spacial score (nSPS) is 17.9. The first kappa shape index (κ1) is 38.6. The molecule has 0 bridgehead atoms. The summed E-state index contributed by atoms with van der Waals surface area (Å²) in [5, 5.41) is 20.3. The third-order valence-electron chi connectivity index (χ3n) is 9.58. The fraction of sp³-hybridized carbons (Fsp3) is 0.417. The molecule has 17 heteroatoms. The molecule has 4 aromatic rings. The van der Waals surface area contributed by atoms with Crippen molar-refractivity contribution in [2.24, 2.45) is 0 Å². The number of hydrogen-bond donors (Lipinski definition) is 5. The Bertz CT molecular complexity index is 1840. The largest absolute Gasteiger partial charge is 0.378 e. The number of rotatable bonds is 4. The number of urea groups is 1. The van der Waals surface area contributed by atoms with E-state index in [9.17, 15) is 23.2 Å². The second kappa shape index (κ2) is 18.8. The molecular weight excluding hydrogens is 825 g/mol. The number of likely N-dealkylation sites (tertiary alicyclic amines) is 1. The van der Waals surface area contributed by atoms with Crippen molar-refractivity contribution in [1.82, 2.24) is 30.7 Å². The number of aromatic nitrogens is 2. The Labute approximate surface area is 326 Å². The van der Waals surface area contributed by atoms with Crippen molar-refractivity contribution < 1.29 is 33.6 Å². The van der Waals surface area contributed by atoms with Gasteiger partial charge in [-0.25, -0.2) is 18.4 Å². The molecule has 0 radical (unpaired) electrons. The molecule has 6 heterocycles. The number of ketones is 2. The zero-order valence-electron chi connectivity index (χ0n) is 29.9. The minimum atomic E-state index is -0.409. The van der Waals surface area contributed by atoms with E-state index in [0.29, 0.717) is 79.3 Å². The van der Waals surface area contributed by atoms with Crippen LogP contribution in [0.25, 0.3) is 0 Å². The molecule has 2 amide bonds. The average Bonchev–Trinajstić information content (AvgIpc) is 3.89. The number of nitrogens with one attached hydrogen (secondary N) is 5. The third kappa shape index (κ3) is 10.5. The first-order chi connectivity index (χ1) is 26.1. The lowest BCUT2D eigenvalue weighted by molar-refractivity contribution is 0.0911. The summed E-state index contributed by atoms with van der Waals surface area (Å²) in [5.74, 6) is -0.754. The summed E-state index contributed by atoms with van der Waals surface area (Å²) in [5.41, 5.74) is 3.33. The summed E-state index contributed by atoms with van der Waals surface area (Å²) >= 11 is 7.12. The van der Waals surface area contributed by atoms with E-state index in [2.05, 4.69) is 40.9 Å². The molecule has 4 aliphatic rings. The lowest BCUT2D eigenvalue weighted by Gasteiger charge is -2.45. The van der Waals surface area contributed by atoms with Gasteiger partial charge in [-0.2, -0.15) is 0 Å². The van der Waals surface area contributed by atoms with Gasteiger partial charge in [0.2, 0.25) is 0 Å². The zero-order valence-corrected chi connectivity index (χ0v) is 31.8. The summed E-state index contributed by atoms with van der Waals surface area (Å²) in [6, 6.07) is 11.9. The number of hydrogen-bond acceptors (Lipinski definition) is 11. The molecule has 2 spiro atoms. The van der Waals surface area contributed by atoms with Crippen molar-refractivity contribution in [1.29, 1.82) is 0 Å². The molecule has 4 aliphatic heterocycles. The summed E-state index contributed by atoms with van der Waals surface area (Å²) in [4.78, 5) is 41.4. The maximum atomic E-state index is 13.4. The Balaban J connectivity index is 0.000000170. The molecule has 0 saturated carbocycles. The number of fused-ring (bicyclic) bond motifs is 2. The zero-order chi connectivity index (χ0) is 38.6. The smallest absolute Gasteiger partial charge is 0.317 e. The number of carbonyl (C=O) groups is 3. The second-order valence-electron chi connectivity index (χ2n) is 13.1. The summed E-state index contributed by atoms with van der Waals surface area (Å²) in [7, 11) is 0. The van der Waals surface area contributed by atoms with Gasteiger partial charge in [-0.15, -0.1) is 0 Å². The molecule has 2 fully saturated rings. The predicted molar refractivity (Wildman–Crippen MR) is 204 cm³/mol. The van der Waals surface area contributed by atoms with Crippen LogP contribution in [0.4, 0.5) is 25.0 Å². The van der Waals surface area contributed by atoms with Gasteiger partial charge in [0.05, 0.1) is 18.8 Å². The van der Waals surface area contributed by atoms with Crippen molar-refractivity contribution in [3.05, 3.63) is 95.2 Å². The van der Waals surface area contributed by atoms with Crippen molar-refractivity contribution in [3.8, 4) is 0 Å². The topological polar surface area (TPSA) is 167 Å². The minimum Gasteiger partial charge on any atom is -0.378 e. The fourth-order valence-corrected chi connectivity index (χ4v) is 6.96. The summed E-state index contributed by atoms with van der Waals surface area (Å²) in [6.07, 6.45) is 6.96. The van der Waals surface area contributed by atoms with Crippen LogP contribution >= 0.6 is 34.4 Å². The molecule has 13 nitrogen and oxygen atoms in total. The number of carbonyl (C=O) groups excluding carboxylic acids is 3. The van der Waals surface area contributed by atoms with E-state index >= 15 is 0 Å². The van der Waals surface area contributed by atoms with E-state index in [1.54, 1.807) is 29.2 Å². The quantitative estimate of drug-likeness (QED) is 0.0867. The van der Waals surface area contributed by atoms with Gasteiger partial charge in [0.1, 0.15) is 29.9 Å². The molecule has 0 aliphatic carbocycles. The van der Waals surface area contributed by atoms with Crippen LogP contribution in [0.3, 0.4) is 0 Å². The molecule has 5 N–H and O–H groups in total. The van der Waals surface area contributed by atoms with Crippen molar-refractivity contribution in [2.75, 3.05) is 41.7 Å². The van der Waals surface area contributed by atoms with E-state index in [1.165, 1.54) is 36.8 Å². The Morgan fingerprint density at radius 1 is 0.868 bits per heavy atom. The van der Waals surface area contributed by atoms with Gasteiger partial charge in [0.25, 0.3) is 0 Å². The van der Waals surface area contributed by atoms with Crippen molar-refractivity contribution in [3.63, 3.8) is 0 Å². The molecular formula is C36H42ClF2IN8O5. The van der Waals surface area contributed by atoms with E-state index in [1.807, 2.05) is 22.6 Å². The van der Waals surface area contributed by atoms with Gasteiger partial charge in [-0.3, -0.25) is 9.59 Å². The SMILES string of the molecule is ClNCc1ccon1.O=C1CC2(CCN(C(=O)NCc3ccon3)CC2)Nc2ccc(F)cc21.O=C1CC2(CCNCC2)Nc2ccc(F)cc21.[2H]CI. The highest BCUT2D eigenvalue weighted by molar-refractivity contribution is 14.1. The summed E-state index contributed by atoms with van der Waals surface area (Å²) < 4.78 is 41.9. The standard InChI is InChI=1S/C18H19FN4O3.C13H15FN2O.C4H5ClN2O.CH3I/c19-12-1-2-15-14(9-12)16(24)10-18(21-15)4-6-23(7-5-18)17(25)20-11-13-3-8-26-22-13;14-9-1-2-11-10(7-9)12(17)8-13(16-11)3-5-15-6-4-13;5-6-3-4-1-2-8-7-4;1-2/h1-3,8-9,21H,4-7,10-11H2,(H,20,25);1-2,7,15-16H,3-6,8H2;1-2,6H,3H2;1H3/i;;;1D. The first-order valence-electron chi connectivity index (χ1n) is 17.7. The molecule has 2 saturated heterocycles. The number of nitrogens with zero attached hydrogens (tertiary/aromatic N) is 3. The second-order valence-corrected chi connectivity index (χ2v) is 13.3. The Morgan fingerprint density at radius 3 is 1.83 bits per heavy atom. The van der Waals surface area contributed by atoms with Crippen LogP contribution in [0.5, 0.6) is 0 Å². The molecule has 0 atom stereocenters. The lowest BCUT2D eigenvalue weighted by atomic mass is 9.78. The highest BCUT2D eigenvalue weighted by Crippen LogP contribution is 2.38. The maximum absolute atomic E-state index is 13.4. The number of piperidine rings is 2. The number of alkyl halides is 1. The lowest BCUT2D eigenvalue weighted by Crippen LogP contribution is -2.55. The van der Waals surface area contributed by atoms with Crippen LogP contribution < -0.4 is 26.1 Å². The van der Waals surface area contributed by atoms with Gasteiger partial charge >= 0.3 is 6.03 Å². The molecule has 8 rings (SSSR count). The number of Topliss-reactive ketones (excluding diaryl/α,β-unsaturated/α-hetero) is 2. The van der Waals surface area contributed by atoms with Crippen LogP contribution in [-0.2, 0) is 13.1 Å². The van der Waals surface area contributed by atoms with Gasteiger partial charge in [-0.1, -0.05) is 32.9 Å². The van der Waals surface area contributed by atoms with Gasteiger partial charge in [-0.05, 0) is 91.9 Å². The van der Waals surface area contributed by atoms with E-state index in [0.717, 1.165) is 37.3 Å². The Morgan fingerprint density at radius 2 is 1.36 bits per heavy atom. The molecule has 2 aromatic heterocycles. The van der Waals surface area contributed by atoms with Crippen LogP contribution in [0.15, 0.2) is 70.1 Å². The monoisotopic (exact) mass is 867 g/mol. The minimum absolute atomic E-state index is 0.0535. The number of anilines is 2. The van der Waals surface area contributed by atoms with Crippen LogP contribution in [-0.4, -0.2) is 75.0 Å². The van der Waals surface area contributed by atoms with Gasteiger partial charge in [0.15, 0.2) is 11.6 Å². The molecule has 2 aromatic carbocycles. The number of halogens is 4. The van der Waals surface area contributed by atoms with Crippen molar-refractivity contribution in [2.45, 2.75) is 62.7 Å². The summed E-state index contributed by atoms with van der Waals surface area (Å²) in [6.45, 7) is 3.79. The molecule has 53 heavy (non-hydrogen) atoms. The third-order valence-corrected chi connectivity index (χ3v) is 9.71. The highest BCUT2D eigenvalue weighted by Gasteiger charge is 2.42. The van der Waals surface area contributed by atoms with E-state index in [-0.39, 0.29) is 34.5 Å². The number of benzene rings is 2. The number of amides is 2. The predicted octanol–water partition coefficient (Wildman–Crippen LogP) is 6.47. The van der Waals surface area contributed by atoms with Crippen LogP contribution in [0.2, 0.25) is 0 Å². The Hall–Kier alpha value is -4.13. The molecule has 0 unspecified atom stereocenters. The van der Waals surface area contributed by atoms with Gasteiger partial charge in [0, 0.05) is 73.0 Å². The van der Waals surface area contributed by atoms with E-state index in [4.69, 9.17) is 17.7 Å². The highest BCUT2D eigenvalue weighted by atomic mass is 127. The maximum Gasteiger partial charge on any atom is 0.317 e. The van der Waals surface area contributed by atoms with Crippen LogP contribution in [0.1, 0.15) is 72.0 Å². The van der Waals surface area contributed by atoms with Crippen LogP contribution in [0, 0.1) is 11.6 Å². The average molecular weight is 868 g/mol. The van der Waals surface area contributed by atoms with E-state index < -0.39 is 5.82 Å². The first-order valence-corrected chi connectivity index (χ1v) is 18.9. The fourth-order valence-electron chi connectivity index (χ4n) is 6.83. The molecule has 284 valence electrons.